The number of halogens is 1. The number of ether oxygens (including phenoxy) is 1. The van der Waals surface area contributed by atoms with Crippen LogP contribution in [0.4, 0.5) is 5.69 Å². The van der Waals surface area contributed by atoms with Gasteiger partial charge in [-0.05, 0) is 24.6 Å². The first kappa shape index (κ1) is 12.1. The van der Waals surface area contributed by atoms with Gasteiger partial charge < -0.3 is 4.74 Å². The molecule has 20 heavy (non-hydrogen) atoms. The molecule has 3 aliphatic rings. The largest absolute Gasteiger partial charge is 0.365 e. The number of aryl methyl sites for hydroxylation is 1. The molecule has 102 valence electrons. The highest BCUT2D eigenvalue weighted by molar-refractivity contribution is 6.31. The molecule has 4 atom stereocenters. The van der Waals surface area contributed by atoms with Crippen LogP contribution in [0, 0.1) is 18.8 Å². The maximum Gasteiger partial charge on any atom is 0.240 e. The second kappa shape index (κ2) is 3.93. The molecule has 0 unspecified atom stereocenters. The summed E-state index contributed by atoms with van der Waals surface area (Å²) in [5.41, 5.74) is 1.44. The van der Waals surface area contributed by atoms with Crippen LogP contribution in [-0.4, -0.2) is 24.0 Å². The van der Waals surface area contributed by atoms with Crippen LogP contribution in [0.2, 0.25) is 5.02 Å². The van der Waals surface area contributed by atoms with E-state index in [2.05, 4.69) is 0 Å². The van der Waals surface area contributed by atoms with E-state index in [1.54, 1.807) is 12.1 Å². The van der Waals surface area contributed by atoms with Crippen molar-refractivity contribution in [3.05, 3.63) is 40.9 Å². The molecule has 3 aliphatic heterocycles. The van der Waals surface area contributed by atoms with Gasteiger partial charge in [0.2, 0.25) is 11.8 Å². The van der Waals surface area contributed by atoms with Gasteiger partial charge in [-0.3, -0.25) is 9.59 Å². The fourth-order valence-corrected chi connectivity index (χ4v) is 3.53. The number of fused-ring (bicyclic) bond motifs is 5. The van der Waals surface area contributed by atoms with Crippen LogP contribution >= 0.6 is 11.6 Å². The number of amides is 2. The van der Waals surface area contributed by atoms with E-state index in [0.29, 0.717) is 10.7 Å². The van der Waals surface area contributed by atoms with E-state index >= 15 is 0 Å². The Morgan fingerprint density at radius 2 is 1.70 bits per heavy atom. The third kappa shape index (κ3) is 1.41. The van der Waals surface area contributed by atoms with Gasteiger partial charge in [0.05, 0.1) is 29.7 Å². The number of imide groups is 1. The highest BCUT2D eigenvalue weighted by Gasteiger charge is 2.61. The first-order chi connectivity index (χ1) is 9.58. The van der Waals surface area contributed by atoms with E-state index in [-0.39, 0.29) is 35.9 Å². The molecule has 0 radical (unpaired) electrons. The monoisotopic (exact) mass is 289 g/mol. The predicted octanol–water partition coefficient (Wildman–Crippen LogP) is 2.09. The lowest BCUT2D eigenvalue weighted by Gasteiger charge is -2.19. The van der Waals surface area contributed by atoms with Gasteiger partial charge in [0, 0.05) is 5.02 Å². The Balaban J connectivity index is 1.80. The molecule has 4 nitrogen and oxygen atoms in total. The summed E-state index contributed by atoms with van der Waals surface area (Å²) >= 11 is 5.99. The number of carbonyl (C=O) groups excluding carboxylic acids is 2. The minimum Gasteiger partial charge on any atom is -0.365 e. The fraction of sp³-hybridized carbons (Fsp3) is 0.333. The zero-order chi connectivity index (χ0) is 14.0. The second-order valence-corrected chi connectivity index (χ2v) is 5.88. The predicted molar refractivity (Wildman–Crippen MR) is 73.5 cm³/mol. The van der Waals surface area contributed by atoms with E-state index in [0.717, 1.165) is 5.56 Å². The number of hydrogen-bond donors (Lipinski definition) is 0. The summed E-state index contributed by atoms with van der Waals surface area (Å²) in [6, 6.07) is 5.24. The van der Waals surface area contributed by atoms with E-state index in [1.807, 2.05) is 25.1 Å². The molecule has 5 heteroatoms. The zero-order valence-electron chi connectivity index (χ0n) is 10.7. The maximum atomic E-state index is 12.6. The molecule has 1 aromatic rings. The van der Waals surface area contributed by atoms with Crippen molar-refractivity contribution in [3.8, 4) is 0 Å². The van der Waals surface area contributed by atoms with Crippen LogP contribution in [0.5, 0.6) is 0 Å². The van der Waals surface area contributed by atoms with Crippen LogP contribution < -0.4 is 4.90 Å². The van der Waals surface area contributed by atoms with Crippen molar-refractivity contribution < 1.29 is 14.3 Å². The Hall–Kier alpha value is -1.65. The minimum atomic E-state index is -0.379. The molecule has 2 bridgehead atoms. The molecule has 2 saturated heterocycles. The lowest BCUT2D eigenvalue weighted by molar-refractivity contribution is -0.124. The molecule has 0 saturated carbocycles. The summed E-state index contributed by atoms with van der Waals surface area (Å²) in [6.07, 6.45) is 3.24. The molecular formula is C15H12ClNO3. The standard InChI is InChI=1S/C15H12ClNO3/c1-7-2-3-8(16)6-9(7)17-14(18)12-10-4-5-11(20-10)13(12)15(17)19/h2-6,10-13H,1H3/t10-,11+,12-,13-/m0/s1. The Kier molecular flexibility index (Phi) is 2.38. The topological polar surface area (TPSA) is 46.6 Å². The normalized spacial score (nSPS) is 34.2. The van der Waals surface area contributed by atoms with Gasteiger partial charge in [-0.15, -0.1) is 0 Å². The third-order valence-corrected chi connectivity index (χ3v) is 4.56. The third-order valence-electron chi connectivity index (χ3n) is 4.32. The van der Waals surface area contributed by atoms with Crippen LogP contribution in [0.15, 0.2) is 30.4 Å². The smallest absolute Gasteiger partial charge is 0.240 e. The molecule has 0 spiro atoms. The van der Waals surface area contributed by atoms with Crippen molar-refractivity contribution in [1.29, 1.82) is 0 Å². The molecule has 1 aromatic carbocycles. The number of carbonyl (C=O) groups is 2. The van der Waals surface area contributed by atoms with Crippen LogP contribution in [0.25, 0.3) is 0 Å². The van der Waals surface area contributed by atoms with Gasteiger partial charge in [0.1, 0.15) is 0 Å². The number of hydrogen-bond acceptors (Lipinski definition) is 3. The van der Waals surface area contributed by atoms with Crippen molar-refractivity contribution in [1.82, 2.24) is 0 Å². The van der Waals surface area contributed by atoms with E-state index in [9.17, 15) is 9.59 Å². The van der Waals surface area contributed by atoms with Gasteiger partial charge in [-0.25, -0.2) is 4.90 Å². The SMILES string of the molecule is Cc1ccc(Cl)cc1N1C(=O)[C@@H]2[C@@H](C1=O)[C@H]1C=C[C@@H]2O1. The van der Waals surface area contributed by atoms with Crippen molar-refractivity contribution in [2.75, 3.05) is 4.90 Å². The van der Waals surface area contributed by atoms with Gasteiger partial charge >= 0.3 is 0 Å². The van der Waals surface area contributed by atoms with Crippen LogP contribution in [0.1, 0.15) is 5.56 Å². The van der Waals surface area contributed by atoms with Gasteiger partial charge in [0.15, 0.2) is 0 Å². The summed E-state index contributed by atoms with van der Waals surface area (Å²) in [7, 11) is 0. The minimum absolute atomic E-state index is 0.179. The summed E-state index contributed by atoms with van der Waals surface area (Å²) in [6.45, 7) is 1.86. The van der Waals surface area contributed by atoms with Gasteiger partial charge in [-0.2, -0.15) is 0 Å². The Labute approximate surface area is 121 Å². The Morgan fingerprint density at radius 3 is 2.30 bits per heavy atom. The van der Waals surface area contributed by atoms with Crippen molar-refractivity contribution >= 4 is 29.1 Å². The Bertz CT molecular complexity index is 639. The average Bonchev–Trinajstić information content (AvgIpc) is 3.08. The summed E-state index contributed by atoms with van der Waals surface area (Å²) in [5, 5.41) is 0.514. The number of anilines is 1. The molecule has 2 fully saturated rings. The molecule has 3 heterocycles. The van der Waals surface area contributed by atoms with E-state index < -0.39 is 0 Å². The molecule has 0 aliphatic carbocycles. The van der Waals surface area contributed by atoms with Crippen LogP contribution in [0.3, 0.4) is 0 Å². The second-order valence-electron chi connectivity index (χ2n) is 5.44. The van der Waals surface area contributed by atoms with E-state index in [1.165, 1.54) is 4.90 Å². The number of nitrogens with zero attached hydrogens (tertiary/aromatic N) is 1. The summed E-state index contributed by atoms with van der Waals surface area (Å²) in [4.78, 5) is 26.5. The highest BCUT2D eigenvalue weighted by atomic mass is 35.5. The van der Waals surface area contributed by atoms with Gasteiger partial charge in [-0.1, -0.05) is 29.8 Å². The maximum absolute atomic E-state index is 12.6. The first-order valence-corrected chi connectivity index (χ1v) is 6.93. The summed E-state index contributed by atoms with van der Waals surface area (Å²) in [5.74, 6) is -1.11. The van der Waals surface area contributed by atoms with Gasteiger partial charge in [0.25, 0.3) is 0 Å². The van der Waals surface area contributed by atoms with Crippen molar-refractivity contribution in [2.24, 2.45) is 11.8 Å². The lowest BCUT2D eigenvalue weighted by atomic mass is 9.85. The van der Waals surface area contributed by atoms with Crippen molar-refractivity contribution in [2.45, 2.75) is 19.1 Å². The van der Waals surface area contributed by atoms with E-state index in [4.69, 9.17) is 16.3 Å². The Morgan fingerprint density at radius 1 is 1.10 bits per heavy atom. The lowest BCUT2D eigenvalue weighted by Crippen LogP contribution is -2.34. The number of rotatable bonds is 1. The molecule has 4 rings (SSSR count). The molecular weight excluding hydrogens is 278 g/mol. The summed E-state index contributed by atoms with van der Waals surface area (Å²) < 4.78 is 5.61. The number of benzene rings is 1. The molecule has 2 amide bonds. The average molecular weight is 290 g/mol. The fourth-order valence-electron chi connectivity index (χ4n) is 3.36. The van der Waals surface area contributed by atoms with Crippen LogP contribution in [-0.2, 0) is 14.3 Å². The first-order valence-electron chi connectivity index (χ1n) is 6.55. The molecule has 0 N–H and O–H groups in total. The molecule has 0 aromatic heterocycles. The zero-order valence-corrected chi connectivity index (χ0v) is 11.5. The quantitative estimate of drug-likeness (QED) is 0.587. The van der Waals surface area contributed by atoms with Crippen molar-refractivity contribution in [3.63, 3.8) is 0 Å². The highest BCUT2D eigenvalue weighted by Crippen LogP contribution is 2.46.